The van der Waals surface area contributed by atoms with Gasteiger partial charge in [-0.3, -0.25) is 23.4 Å². The molecule has 0 bridgehead atoms. The van der Waals surface area contributed by atoms with Crippen LogP contribution < -0.4 is 0 Å². The number of unbranched alkanes of at least 4 members (excludes halogenated alkanes) is 18. The Labute approximate surface area is 475 Å². The maximum Gasteiger partial charge on any atom is 0.472 e. The predicted molar refractivity (Wildman–Crippen MR) is 325 cm³/mol. The molecule has 0 saturated carbocycles. The van der Waals surface area contributed by atoms with Gasteiger partial charge in [0.25, 0.3) is 0 Å². The number of rotatable bonds is 55. The molecule has 0 radical (unpaired) electrons. The lowest BCUT2D eigenvalue weighted by atomic mass is 10.1. The van der Waals surface area contributed by atoms with Crippen molar-refractivity contribution in [2.75, 3.05) is 26.4 Å². The largest absolute Gasteiger partial charge is 0.472 e. The van der Waals surface area contributed by atoms with Gasteiger partial charge in [-0.1, -0.05) is 213 Å². The molecule has 11 nitrogen and oxygen atoms in total. The molecule has 0 fully saturated rings. The second-order valence-electron chi connectivity index (χ2n) is 19.8. The molecule has 0 amide bonds. The first kappa shape index (κ1) is 73.9. The lowest BCUT2D eigenvalue weighted by molar-refractivity contribution is -0.161. The third-order valence-electron chi connectivity index (χ3n) is 12.3. The van der Waals surface area contributed by atoms with Crippen LogP contribution in [0.4, 0.5) is 0 Å². The van der Waals surface area contributed by atoms with Crippen LogP contribution in [0.2, 0.25) is 0 Å². The average Bonchev–Trinajstić information content (AvgIpc) is 3.43. The predicted octanol–water partition coefficient (Wildman–Crippen LogP) is 18.4. The van der Waals surface area contributed by atoms with Crippen LogP contribution in [-0.2, 0) is 42.2 Å². The van der Waals surface area contributed by atoms with Gasteiger partial charge in [-0.05, 0) is 128 Å². The summed E-state index contributed by atoms with van der Waals surface area (Å²) >= 11 is 0. The molecule has 0 aromatic heterocycles. The zero-order valence-corrected chi connectivity index (χ0v) is 50.0. The monoisotopic (exact) mass is 1110 g/mol. The van der Waals surface area contributed by atoms with Crippen LogP contribution >= 0.6 is 7.82 Å². The fraction of sp³-hybridized carbons (Fsp3) is 0.652. The van der Waals surface area contributed by atoms with Crippen molar-refractivity contribution in [1.29, 1.82) is 0 Å². The molecule has 3 unspecified atom stereocenters. The summed E-state index contributed by atoms with van der Waals surface area (Å²) in [6, 6.07) is 0. The van der Waals surface area contributed by atoms with Crippen molar-refractivity contribution in [3.05, 3.63) is 122 Å². The maximum absolute atomic E-state index is 12.9. The molecule has 444 valence electrons. The standard InChI is InChI=1S/C66H109O11P/c1-4-7-10-13-16-19-22-25-28-30-31-33-35-37-40-43-46-49-52-55-64(68)73-59-63(77-66(70)57-54-51-48-45-42-39-36-32-29-26-23-20-17-14-11-8-5-2)61-75-78(71,72)74-60-62(58-67)76-65(69)56-53-50-47-44-41-38-34-27-24-21-18-15-12-9-6-3/h8,11,16-21,25-29,31,33-34,36,39,45,48,62-63,67H,4-7,9-10,12-15,22-24,30,32,35,37-38,40-44,46-47,49-61H2,1-3H3,(H,71,72)/b11-8-,19-16-,20-17-,21-18-,28-25-,29-26-,33-31-,34-27-,39-36-,48-45-. The molecule has 0 rings (SSSR count). The third kappa shape index (κ3) is 56.6. The molecular formula is C66H109O11P. The molecule has 0 aliphatic carbocycles. The van der Waals surface area contributed by atoms with E-state index in [4.69, 9.17) is 23.3 Å². The molecule has 0 aromatic carbocycles. The highest BCUT2D eigenvalue weighted by atomic mass is 31.2. The van der Waals surface area contributed by atoms with Gasteiger partial charge < -0.3 is 24.2 Å². The molecule has 0 spiro atoms. The number of allylic oxidation sites excluding steroid dienone is 20. The van der Waals surface area contributed by atoms with Gasteiger partial charge >= 0.3 is 25.7 Å². The van der Waals surface area contributed by atoms with Crippen molar-refractivity contribution >= 4 is 25.7 Å². The SMILES string of the molecule is CC/C=C\C/C=C\C/C=C\C/C=C\C/C=C\CCCC(=O)OC(COC(=O)CCCCCCCC/C=C\C/C=C\C/C=C\CCCCC)COP(=O)(O)OCC(CO)OC(=O)CCCCCCC/C=C\C/C=C\CCCCC. The summed E-state index contributed by atoms with van der Waals surface area (Å²) in [6.07, 6.45) is 73.0. The van der Waals surface area contributed by atoms with Crippen LogP contribution in [0.1, 0.15) is 239 Å². The number of hydrogen-bond acceptors (Lipinski definition) is 10. The Morgan fingerprint density at radius 3 is 1.08 bits per heavy atom. The fourth-order valence-electron chi connectivity index (χ4n) is 7.72. The number of esters is 3. The van der Waals surface area contributed by atoms with E-state index in [1.807, 2.05) is 12.2 Å². The lowest BCUT2D eigenvalue weighted by Crippen LogP contribution is -2.30. The smallest absolute Gasteiger partial charge is 0.462 e. The second kappa shape index (κ2) is 59.0. The number of phosphoric ester groups is 1. The number of aliphatic hydroxyl groups excluding tert-OH is 1. The van der Waals surface area contributed by atoms with Crippen molar-refractivity contribution in [3.8, 4) is 0 Å². The summed E-state index contributed by atoms with van der Waals surface area (Å²) in [4.78, 5) is 48.6. The van der Waals surface area contributed by atoms with E-state index >= 15 is 0 Å². The van der Waals surface area contributed by atoms with E-state index in [1.165, 1.54) is 44.9 Å². The highest BCUT2D eigenvalue weighted by Crippen LogP contribution is 2.43. The van der Waals surface area contributed by atoms with Gasteiger partial charge in [0.2, 0.25) is 0 Å². The number of aliphatic hydroxyl groups is 1. The van der Waals surface area contributed by atoms with E-state index in [0.717, 1.165) is 128 Å². The first-order valence-electron chi connectivity index (χ1n) is 30.4. The van der Waals surface area contributed by atoms with Crippen LogP contribution in [-0.4, -0.2) is 66.5 Å². The van der Waals surface area contributed by atoms with Gasteiger partial charge in [0, 0.05) is 19.3 Å². The quantitative estimate of drug-likeness (QED) is 0.0197. The molecule has 2 N–H and O–H groups in total. The molecule has 0 saturated heterocycles. The minimum absolute atomic E-state index is 0.0791. The summed E-state index contributed by atoms with van der Waals surface area (Å²) in [5.74, 6) is -1.57. The van der Waals surface area contributed by atoms with E-state index in [9.17, 15) is 28.9 Å². The topological polar surface area (TPSA) is 155 Å². The van der Waals surface area contributed by atoms with Crippen LogP contribution in [0, 0.1) is 0 Å². The highest BCUT2D eigenvalue weighted by molar-refractivity contribution is 7.47. The molecule has 78 heavy (non-hydrogen) atoms. The normalized spacial score (nSPS) is 14.2. The maximum atomic E-state index is 12.9. The summed E-state index contributed by atoms with van der Waals surface area (Å²) in [7, 11) is -4.78. The highest BCUT2D eigenvalue weighted by Gasteiger charge is 2.28. The Hall–Kier alpha value is -4.12. The number of ether oxygens (including phenoxy) is 3. The Balaban J connectivity index is 4.85. The third-order valence-corrected chi connectivity index (χ3v) is 13.3. The number of carbonyl (C=O) groups is 3. The molecule has 0 aliphatic rings. The average molecular weight is 1110 g/mol. The van der Waals surface area contributed by atoms with Gasteiger partial charge in [0.1, 0.15) is 12.7 Å². The van der Waals surface area contributed by atoms with Gasteiger partial charge in [-0.25, -0.2) is 4.57 Å². The summed E-state index contributed by atoms with van der Waals surface area (Å²) in [5.41, 5.74) is 0. The number of hydrogen-bond donors (Lipinski definition) is 2. The molecule has 3 atom stereocenters. The molecule has 0 aliphatic heterocycles. The summed E-state index contributed by atoms with van der Waals surface area (Å²) in [5, 5.41) is 9.83. The molecule has 0 aromatic rings. The molecule has 0 heterocycles. The minimum atomic E-state index is -4.78. The van der Waals surface area contributed by atoms with Gasteiger partial charge in [0.15, 0.2) is 6.10 Å². The zero-order chi connectivity index (χ0) is 56.9. The van der Waals surface area contributed by atoms with Crippen LogP contribution in [0.3, 0.4) is 0 Å². The summed E-state index contributed by atoms with van der Waals surface area (Å²) < 4.78 is 39.5. The van der Waals surface area contributed by atoms with Crippen LogP contribution in [0.5, 0.6) is 0 Å². The fourth-order valence-corrected chi connectivity index (χ4v) is 8.51. The molecule has 12 heteroatoms. The van der Waals surface area contributed by atoms with Crippen molar-refractivity contribution in [2.24, 2.45) is 0 Å². The van der Waals surface area contributed by atoms with Gasteiger partial charge in [-0.15, -0.1) is 0 Å². The Bertz CT molecular complexity index is 1770. The lowest BCUT2D eigenvalue weighted by Gasteiger charge is -2.21. The van der Waals surface area contributed by atoms with E-state index in [1.54, 1.807) is 0 Å². The Morgan fingerprint density at radius 2 is 0.679 bits per heavy atom. The first-order valence-corrected chi connectivity index (χ1v) is 31.9. The minimum Gasteiger partial charge on any atom is -0.462 e. The summed E-state index contributed by atoms with van der Waals surface area (Å²) in [6.45, 7) is 4.38. The second-order valence-corrected chi connectivity index (χ2v) is 21.2. The van der Waals surface area contributed by atoms with E-state index in [2.05, 4.69) is 130 Å². The zero-order valence-electron chi connectivity index (χ0n) is 49.1. The van der Waals surface area contributed by atoms with E-state index in [-0.39, 0.29) is 25.9 Å². The van der Waals surface area contributed by atoms with Crippen molar-refractivity contribution in [2.45, 2.75) is 251 Å². The van der Waals surface area contributed by atoms with Crippen LogP contribution in [0.25, 0.3) is 0 Å². The Morgan fingerprint density at radius 1 is 0.372 bits per heavy atom. The number of carbonyl (C=O) groups excluding carboxylic acids is 3. The van der Waals surface area contributed by atoms with E-state index < -0.39 is 57.8 Å². The van der Waals surface area contributed by atoms with Crippen molar-refractivity contribution < 1.29 is 52.2 Å². The van der Waals surface area contributed by atoms with Gasteiger partial charge in [0.05, 0.1) is 19.8 Å². The molecular weight excluding hydrogens is 1000 g/mol. The van der Waals surface area contributed by atoms with Crippen molar-refractivity contribution in [1.82, 2.24) is 0 Å². The first-order chi connectivity index (χ1) is 38.2. The van der Waals surface area contributed by atoms with Crippen LogP contribution in [0.15, 0.2) is 122 Å². The van der Waals surface area contributed by atoms with Crippen molar-refractivity contribution in [3.63, 3.8) is 0 Å². The van der Waals surface area contributed by atoms with Gasteiger partial charge in [-0.2, -0.15) is 0 Å². The van der Waals surface area contributed by atoms with E-state index in [0.29, 0.717) is 25.7 Å². The number of phosphoric acid groups is 1. The Kier molecular flexibility index (Phi) is 55.9.